The first-order valence-electron chi connectivity index (χ1n) is 5.46. The molecule has 1 heteroatoms. The number of rotatable bonds is 3. The maximum absolute atomic E-state index is 2.55. The van der Waals surface area contributed by atoms with Crippen molar-refractivity contribution in [2.45, 2.75) is 40.5 Å². The predicted octanol–water partition coefficient (Wildman–Crippen LogP) is 3.07. The topological polar surface area (TPSA) is 3.24 Å². The summed E-state index contributed by atoms with van der Waals surface area (Å²) in [5.74, 6) is 0. The smallest absolute Gasteiger partial charge is 0.0201 e. The van der Waals surface area contributed by atoms with Gasteiger partial charge in [-0.05, 0) is 18.4 Å². The van der Waals surface area contributed by atoms with Crippen LogP contribution in [0.4, 0.5) is 0 Å². The van der Waals surface area contributed by atoms with E-state index < -0.39 is 0 Å². The van der Waals surface area contributed by atoms with Crippen LogP contribution in [0.25, 0.3) is 0 Å². The van der Waals surface area contributed by atoms with Crippen molar-refractivity contribution >= 4 is 0 Å². The van der Waals surface area contributed by atoms with Gasteiger partial charge in [-0.15, -0.1) is 0 Å². The van der Waals surface area contributed by atoms with E-state index in [0.717, 1.165) is 0 Å². The van der Waals surface area contributed by atoms with Gasteiger partial charge in [0.05, 0.1) is 0 Å². The SMILES string of the molecule is CCCCN1CC=C(C(C)(C)C)C1. The Kier molecular flexibility index (Phi) is 3.55. The van der Waals surface area contributed by atoms with Gasteiger partial charge >= 0.3 is 0 Å². The van der Waals surface area contributed by atoms with Crippen molar-refractivity contribution < 1.29 is 0 Å². The van der Waals surface area contributed by atoms with E-state index in [1.165, 1.54) is 32.5 Å². The van der Waals surface area contributed by atoms with Crippen molar-refractivity contribution in [3.63, 3.8) is 0 Å². The summed E-state index contributed by atoms with van der Waals surface area (Å²) in [5.41, 5.74) is 1.99. The zero-order valence-electron chi connectivity index (χ0n) is 9.56. The lowest BCUT2D eigenvalue weighted by Crippen LogP contribution is -2.24. The minimum atomic E-state index is 0.376. The van der Waals surface area contributed by atoms with Gasteiger partial charge in [-0.1, -0.05) is 45.8 Å². The molecular formula is C12H23N. The van der Waals surface area contributed by atoms with Crippen molar-refractivity contribution in [1.29, 1.82) is 0 Å². The molecule has 1 rings (SSSR count). The zero-order chi connectivity index (χ0) is 9.90. The Balaban J connectivity index is 2.34. The summed E-state index contributed by atoms with van der Waals surface area (Å²) in [4.78, 5) is 2.55. The Bertz CT molecular complexity index is 186. The fourth-order valence-electron chi connectivity index (χ4n) is 1.70. The molecule has 13 heavy (non-hydrogen) atoms. The molecule has 0 N–H and O–H groups in total. The molecule has 1 heterocycles. The fourth-order valence-corrected chi connectivity index (χ4v) is 1.70. The number of hydrogen-bond acceptors (Lipinski definition) is 1. The number of hydrogen-bond donors (Lipinski definition) is 0. The van der Waals surface area contributed by atoms with E-state index in [1.54, 1.807) is 5.57 Å². The van der Waals surface area contributed by atoms with Gasteiger partial charge in [0.15, 0.2) is 0 Å². The second-order valence-electron chi connectivity index (χ2n) is 5.07. The summed E-state index contributed by atoms with van der Waals surface area (Å²) < 4.78 is 0. The molecule has 0 aromatic carbocycles. The molecule has 1 aliphatic rings. The first kappa shape index (κ1) is 10.8. The summed E-state index contributed by atoms with van der Waals surface area (Å²) in [6.45, 7) is 12.8. The Hall–Kier alpha value is -0.300. The van der Waals surface area contributed by atoms with Crippen LogP contribution >= 0.6 is 0 Å². The lowest BCUT2D eigenvalue weighted by molar-refractivity contribution is 0.325. The van der Waals surface area contributed by atoms with Crippen LogP contribution in [0.3, 0.4) is 0 Å². The third-order valence-corrected chi connectivity index (χ3v) is 2.78. The largest absolute Gasteiger partial charge is 0.296 e. The fraction of sp³-hybridized carbons (Fsp3) is 0.833. The quantitative estimate of drug-likeness (QED) is 0.605. The lowest BCUT2D eigenvalue weighted by Gasteiger charge is -2.23. The molecule has 0 bridgehead atoms. The van der Waals surface area contributed by atoms with Crippen LogP contribution < -0.4 is 0 Å². The molecule has 0 atom stereocenters. The summed E-state index contributed by atoms with van der Waals surface area (Å²) in [7, 11) is 0. The maximum Gasteiger partial charge on any atom is 0.0201 e. The molecule has 0 aliphatic carbocycles. The van der Waals surface area contributed by atoms with Gasteiger partial charge in [0.2, 0.25) is 0 Å². The normalized spacial score (nSPS) is 19.2. The molecule has 0 saturated carbocycles. The summed E-state index contributed by atoms with van der Waals surface area (Å²) >= 11 is 0. The summed E-state index contributed by atoms with van der Waals surface area (Å²) in [6.07, 6.45) is 5.06. The highest BCUT2D eigenvalue weighted by Gasteiger charge is 2.22. The Morgan fingerprint density at radius 2 is 2.08 bits per heavy atom. The summed E-state index contributed by atoms with van der Waals surface area (Å²) in [5, 5.41) is 0. The highest BCUT2D eigenvalue weighted by Crippen LogP contribution is 2.28. The molecule has 0 aromatic heterocycles. The van der Waals surface area contributed by atoms with Crippen LogP contribution in [0.5, 0.6) is 0 Å². The molecule has 0 unspecified atom stereocenters. The van der Waals surface area contributed by atoms with E-state index in [9.17, 15) is 0 Å². The van der Waals surface area contributed by atoms with Crippen molar-refractivity contribution in [3.05, 3.63) is 11.6 Å². The number of unbranched alkanes of at least 4 members (excludes halogenated alkanes) is 1. The van der Waals surface area contributed by atoms with E-state index in [-0.39, 0.29) is 0 Å². The van der Waals surface area contributed by atoms with Gasteiger partial charge in [-0.25, -0.2) is 0 Å². The molecule has 0 amide bonds. The second-order valence-corrected chi connectivity index (χ2v) is 5.07. The Morgan fingerprint density at radius 1 is 1.38 bits per heavy atom. The third-order valence-electron chi connectivity index (χ3n) is 2.78. The highest BCUT2D eigenvalue weighted by molar-refractivity contribution is 5.18. The van der Waals surface area contributed by atoms with Gasteiger partial charge in [0.1, 0.15) is 0 Å². The van der Waals surface area contributed by atoms with Crippen LogP contribution in [0.2, 0.25) is 0 Å². The molecule has 76 valence electrons. The minimum absolute atomic E-state index is 0.376. The monoisotopic (exact) mass is 181 g/mol. The van der Waals surface area contributed by atoms with Crippen LogP contribution in [0, 0.1) is 5.41 Å². The summed E-state index contributed by atoms with van der Waals surface area (Å²) in [6, 6.07) is 0. The first-order valence-corrected chi connectivity index (χ1v) is 5.46. The first-order chi connectivity index (χ1) is 6.04. The molecule has 1 aliphatic heterocycles. The van der Waals surface area contributed by atoms with Crippen molar-refractivity contribution in [1.82, 2.24) is 4.90 Å². The zero-order valence-corrected chi connectivity index (χ0v) is 9.56. The van der Waals surface area contributed by atoms with E-state index in [1.807, 2.05) is 0 Å². The standard InChI is InChI=1S/C12H23N/c1-5-6-8-13-9-7-11(10-13)12(2,3)4/h7H,5-6,8-10H2,1-4H3. The minimum Gasteiger partial charge on any atom is -0.296 e. The van der Waals surface area contributed by atoms with Crippen molar-refractivity contribution in [2.75, 3.05) is 19.6 Å². The van der Waals surface area contributed by atoms with E-state index in [2.05, 4.69) is 38.7 Å². The molecule has 0 fully saturated rings. The van der Waals surface area contributed by atoms with Gasteiger partial charge in [-0.2, -0.15) is 0 Å². The predicted molar refractivity (Wildman–Crippen MR) is 58.9 cm³/mol. The van der Waals surface area contributed by atoms with Crippen LogP contribution in [0.1, 0.15) is 40.5 Å². The Labute approximate surface area is 82.8 Å². The van der Waals surface area contributed by atoms with E-state index in [0.29, 0.717) is 5.41 Å². The van der Waals surface area contributed by atoms with Gasteiger partial charge in [0, 0.05) is 13.1 Å². The van der Waals surface area contributed by atoms with E-state index in [4.69, 9.17) is 0 Å². The average Bonchev–Trinajstić information content (AvgIpc) is 2.47. The molecule has 0 radical (unpaired) electrons. The third kappa shape index (κ3) is 3.15. The molecule has 0 spiro atoms. The van der Waals surface area contributed by atoms with Crippen LogP contribution in [-0.4, -0.2) is 24.5 Å². The number of nitrogens with zero attached hydrogens (tertiary/aromatic N) is 1. The average molecular weight is 181 g/mol. The van der Waals surface area contributed by atoms with Crippen LogP contribution in [0.15, 0.2) is 11.6 Å². The molecule has 0 aromatic rings. The van der Waals surface area contributed by atoms with Crippen molar-refractivity contribution in [2.24, 2.45) is 5.41 Å². The van der Waals surface area contributed by atoms with Crippen molar-refractivity contribution in [3.8, 4) is 0 Å². The molecule has 1 nitrogen and oxygen atoms in total. The lowest BCUT2D eigenvalue weighted by atomic mass is 9.87. The molecule has 0 saturated heterocycles. The van der Waals surface area contributed by atoms with Crippen LogP contribution in [-0.2, 0) is 0 Å². The maximum atomic E-state index is 2.55. The van der Waals surface area contributed by atoms with Gasteiger partial charge < -0.3 is 0 Å². The Morgan fingerprint density at radius 3 is 2.54 bits per heavy atom. The highest BCUT2D eigenvalue weighted by atomic mass is 15.1. The second kappa shape index (κ2) is 4.28. The van der Waals surface area contributed by atoms with Gasteiger partial charge in [0.25, 0.3) is 0 Å². The van der Waals surface area contributed by atoms with E-state index >= 15 is 0 Å². The van der Waals surface area contributed by atoms with Gasteiger partial charge in [-0.3, -0.25) is 4.90 Å². The molecular weight excluding hydrogens is 158 g/mol.